The van der Waals surface area contributed by atoms with Crippen LogP contribution in [0, 0.1) is 0 Å². The van der Waals surface area contributed by atoms with Crippen molar-refractivity contribution >= 4 is 5.91 Å². The van der Waals surface area contributed by atoms with E-state index in [1.54, 1.807) is 0 Å². The zero-order valence-corrected chi connectivity index (χ0v) is 53.3. The number of nitrogens with one attached hydrogen (secondary N) is 1. The van der Waals surface area contributed by atoms with Crippen LogP contribution in [0.2, 0.25) is 0 Å². The summed E-state index contributed by atoms with van der Waals surface area (Å²) in [5.74, 6) is -0.209. The average molecular weight is 1200 g/mol. The minimum absolute atomic E-state index is 0.209. The Morgan fingerprint density at radius 2 is 0.812 bits per heavy atom. The first-order valence-electron chi connectivity index (χ1n) is 34.3. The van der Waals surface area contributed by atoms with E-state index < -0.39 is 86.8 Å². The maximum absolute atomic E-state index is 13.3. The minimum Gasteiger partial charge on any atom is -0.394 e. The lowest BCUT2D eigenvalue weighted by Crippen LogP contribution is -2.65. The lowest BCUT2D eigenvalue weighted by Gasteiger charge is -2.46. The SMILES string of the molecule is CC/C=C\C/C=C\C/C=C\C/C=C\C/C=C\C/C=C\C/C=C\CCCCCCCCCCCCCCCC(=O)NC(COC1OC(CO)C(OC2OC(CO)C(O)C(O)C2O)C(O)C1O)C(O)CCCCCCCCCCCCCCCCCC. The number of allylic oxidation sites excluding steroid dienone is 14. The van der Waals surface area contributed by atoms with Gasteiger partial charge in [-0.05, 0) is 70.6 Å². The van der Waals surface area contributed by atoms with Gasteiger partial charge in [-0.15, -0.1) is 0 Å². The number of aliphatic hydroxyl groups is 8. The van der Waals surface area contributed by atoms with Gasteiger partial charge >= 0.3 is 0 Å². The van der Waals surface area contributed by atoms with Crippen LogP contribution in [0.1, 0.15) is 264 Å². The lowest BCUT2D eigenvalue weighted by molar-refractivity contribution is -0.359. The number of carbonyl (C=O) groups excluding carboxylic acids is 1. The second kappa shape index (κ2) is 55.3. The van der Waals surface area contributed by atoms with Gasteiger partial charge in [0.25, 0.3) is 0 Å². The Bertz CT molecular complexity index is 1750. The molecule has 85 heavy (non-hydrogen) atoms. The number of rotatable bonds is 55. The quantitative estimate of drug-likeness (QED) is 0.0204. The Morgan fingerprint density at radius 3 is 1.25 bits per heavy atom. The first-order chi connectivity index (χ1) is 41.6. The number of unbranched alkanes of at least 4 members (excludes halogenated alkanes) is 28. The van der Waals surface area contributed by atoms with Crippen molar-refractivity contribution in [1.82, 2.24) is 5.32 Å². The highest BCUT2D eigenvalue weighted by Gasteiger charge is 2.51. The first-order valence-corrected chi connectivity index (χ1v) is 34.3. The van der Waals surface area contributed by atoms with Crippen LogP contribution in [-0.4, -0.2) is 140 Å². The van der Waals surface area contributed by atoms with Gasteiger partial charge in [0, 0.05) is 6.42 Å². The number of aliphatic hydroxyl groups excluding tert-OH is 8. The highest BCUT2D eigenvalue weighted by atomic mass is 16.7. The first kappa shape index (κ1) is 78.3. The Morgan fingerprint density at radius 1 is 0.435 bits per heavy atom. The Balaban J connectivity index is 1.63. The lowest BCUT2D eigenvalue weighted by atomic mass is 9.97. The van der Waals surface area contributed by atoms with Gasteiger partial charge < -0.3 is 65.1 Å². The normalized spacial score (nSPS) is 24.1. The van der Waals surface area contributed by atoms with Crippen LogP contribution in [0.4, 0.5) is 0 Å². The van der Waals surface area contributed by atoms with E-state index >= 15 is 0 Å². The molecular formula is C71H125NO13. The molecule has 0 aromatic heterocycles. The van der Waals surface area contributed by atoms with Crippen molar-refractivity contribution in [2.45, 2.75) is 338 Å². The van der Waals surface area contributed by atoms with E-state index in [-0.39, 0.29) is 12.5 Å². The molecule has 0 radical (unpaired) electrons. The van der Waals surface area contributed by atoms with Crippen molar-refractivity contribution in [2.24, 2.45) is 0 Å². The predicted octanol–water partition coefficient (Wildman–Crippen LogP) is 13.6. The number of amides is 1. The molecule has 0 aromatic rings. The number of ether oxygens (including phenoxy) is 4. The molecule has 9 N–H and O–H groups in total. The largest absolute Gasteiger partial charge is 0.394 e. The molecule has 0 bridgehead atoms. The topological polar surface area (TPSA) is 228 Å². The fraction of sp³-hybridized carbons (Fsp3) is 0.789. The second-order valence-electron chi connectivity index (χ2n) is 23.9. The Hall–Kier alpha value is -2.83. The second-order valence-corrected chi connectivity index (χ2v) is 23.9. The van der Waals surface area contributed by atoms with Crippen LogP contribution in [0.3, 0.4) is 0 Å². The molecule has 0 aliphatic carbocycles. The Labute approximate surface area is 516 Å². The van der Waals surface area contributed by atoms with E-state index in [1.165, 1.54) is 135 Å². The van der Waals surface area contributed by atoms with Gasteiger partial charge in [0.1, 0.15) is 48.8 Å². The summed E-state index contributed by atoms with van der Waals surface area (Å²) in [4.78, 5) is 13.3. The molecular weight excluding hydrogens is 1070 g/mol. The number of hydrogen-bond acceptors (Lipinski definition) is 13. The summed E-state index contributed by atoms with van der Waals surface area (Å²) in [7, 11) is 0. The van der Waals surface area contributed by atoms with Gasteiger partial charge in [-0.25, -0.2) is 0 Å². The maximum Gasteiger partial charge on any atom is 0.220 e. The van der Waals surface area contributed by atoms with Gasteiger partial charge in [0.15, 0.2) is 12.6 Å². The van der Waals surface area contributed by atoms with E-state index in [0.717, 1.165) is 103 Å². The van der Waals surface area contributed by atoms with E-state index in [9.17, 15) is 45.6 Å². The molecule has 1 amide bonds. The predicted molar refractivity (Wildman–Crippen MR) is 346 cm³/mol. The molecule has 0 saturated carbocycles. The van der Waals surface area contributed by atoms with Crippen molar-refractivity contribution in [2.75, 3.05) is 19.8 Å². The minimum atomic E-state index is -1.79. The summed E-state index contributed by atoms with van der Waals surface area (Å²) >= 11 is 0. The molecule has 2 fully saturated rings. The molecule has 14 nitrogen and oxygen atoms in total. The fourth-order valence-corrected chi connectivity index (χ4v) is 10.9. The van der Waals surface area contributed by atoms with E-state index in [0.29, 0.717) is 12.8 Å². The summed E-state index contributed by atoms with van der Waals surface area (Å²) in [5.41, 5.74) is 0. The molecule has 2 heterocycles. The van der Waals surface area contributed by atoms with Crippen LogP contribution >= 0.6 is 0 Å². The van der Waals surface area contributed by atoms with Crippen molar-refractivity contribution in [1.29, 1.82) is 0 Å². The molecule has 2 aliphatic heterocycles. The number of carbonyl (C=O) groups is 1. The highest BCUT2D eigenvalue weighted by Crippen LogP contribution is 2.30. The smallest absolute Gasteiger partial charge is 0.220 e. The molecule has 0 spiro atoms. The van der Waals surface area contributed by atoms with Crippen molar-refractivity contribution in [3.8, 4) is 0 Å². The van der Waals surface area contributed by atoms with Crippen LogP contribution in [0.15, 0.2) is 85.1 Å². The van der Waals surface area contributed by atoms with Crippen molar-refractivity contribution in [3.63, 3.8) is 0 Å². The average Bonchev–Trinajstić information content (AvgIpc) is 3.70. The fourth-order valence-electron chi connectivity index (χ4n) is 10.9. The van der Waals surface area contributed by atoms with Gasteiger partial charge in [-0.3, -0.25) is 4.79 Å². The molecule has 0 aromatic carbocycles. The van der Waals surface area contributed by atoms with Crippen molar-refractivity contribution < 1.29 is 64.6 Å². The highest BCUT2D eigenvalue weighted by molar-refractivity contribution is 5.76. The van der Waals surface area contributed by atoms with Crippen LogP contribution in [-0.2, 0) is 23.7 Å². The molecule has 14 heteroatoms. The Kier molecular flexibility index (Phi) is 50.9. The summed E-state index contributed by atoms with van der Waals surface area (Å²) in [6, 6.07) is -0.834. The third kappa shape index (κ3) is 39.7. The summed E-state index contributed by atoms with van der Waals surface area (Å²) in [5, 5.41) is 87.5. The third-order valence-electron chi connectivity index (χ3n) is 16.4. The molecule has 492 valence electrons. The monoisotopic (exact) mass is 1200 g/mol. The molecule has 2 saturated heterocycles. The van der Waals surface area contributed by atoms with Crippen LogP contribution < -0.4 is 5.32 Å². The molecule has 12 atom stereocenters. The summed E-state index contributed by atoms with van der Waals surface area (Å²) in [6.07, 6.45) is 58.8. The van der Waals surface area contributed by atoms with E-state index in [2.05, 4.69) is 104 Å². The van der Waals surface area contributed by atoms with E-state index in [1.807, 2.05) is 0 Å². The maximum atomic E-state index is 13.3. The van der Waals surface area contributed by atoms with Crippen molar-refractivity contribution in [3.05, 3.63) is 85.1 Å². The van der Waals surface area contributed by atoms with Crippen LogP contribution in [0.5, 0.6) is 0 Å². The van der Waals surface area contributed by atoms with Gasteiger partial charge in [0.05, 0.1) is 32.0 Å². The molecule has 2 rings (SSSR count). The van der Waals surface area contributed by atoms with Crippen LogP contribution in [0.25, 0.3) is 0 Å². The zero-order chi connectivity index (χ0) is 61.6. The standard InChI is InChI=1S/C71H125NO13/c1-3-5-7-9-11-13-15-17-19-21-22-23-24-25-26-27-28-29-30-31-32-33-34-35-36-37-38-39-41-43-45-47-49-51-53-55-63(76)72-59(60(75)54-52-50-48-46-44-42-40-20-18-16-14-12-10-8-6-4-2)58-82-70-68(81)66(79)69(62(57-74)84-70)85-71-67(80)65(78)64(77)61(56-73)83-71/h5,7,11,13,17,19,22-23,25-26,28-29,31-32,59-62,64-71,73-75,77-81H,3-4,6,8-10,12,14-16,18,20-21,24,27,30,33-58H2,1-2H3,(H,72,76)/b7-5-,13-11-,19-17-,23-22-,26-25-,29-28-,32-31-. The molecule has 12 unspecified atom stereocenters. The van der Waals surface area contributed by atoms with Gasteiger partial charge in [-0.2, -0.15) is 0 Å². The molecule has 2 aliphatic rings. The third-order valence-corrected chi connectivity index (χ3v) is 16.4. The summed E-state index contributed by atoms with van der Waals surface area (Å²) < 4.78 is 22.9. The number of hydrogen-bond donors (Lipinski definition) is 9. The van der Waals surface area contributed by atoms with E-state index in [4.69, 9.17) is 18.9 Å². The van der Waals surface area contributed by atoms with Gasteiger partial charge in [0.2, 0.25) is 5.91 Å². The van der Waals surface area contributed by atoms with Gasteiger partial charge in [-0.1, -0.05) is 272 Å². The zero-order valence-electron chi connectivity index (χ0n) is 53.3. The summed E-state index contributed by atoms with van der Waals surface area (Å²) in [6.45, 7) is 2.76.